The van der Waals surface area contributed by atoms with Gasteiger partial charge in [0.25, 0.3) is 5.69 Å². The van der Waals surface area contributed by atoms with Crippen molar-refractivity contribution in [2.75, 3.05) is 5.32 Å². The molecule has 0 bridgehead atoms. The summed E-state index contributed by atoms with van der Waals surface area (Å²) in [5.41, 5.74) is 2.97. The molecule has 1 aromatic carbocycles. The number of benzene rings is 1. The fourth-order valence-corrected chi connectivity index (χ4v) is 3.04. The van der Waals surface area contributed by atoms with E-state index in [0.29, 0.717) is 10.8 Å². The number of carbonyl (C=O) groups excluding carboxylic acids is 1. The van der Waals surface area contributed by atoms with E-state index in [1.165, 1.54) is 30.0 Å². The van der Waals surface area contributed by atoms with Crippen molar-refractivity contribution in [3.63, 3.8) is 0 Å². The molecule has 2 aromatic rings. The van der Waals surface area contributed by atoms with Crippen molar-refractivity contribution in [3.8, 4) is 0 Å². The number of non-ortho nitro benzene ring substituents is 1. The Bertz CT molecular complexity index is 821. The summed E-state index contributed by atoms with van der Waals surface area (Å²) in [4.78, 5) is 31.3. The van der Waals surface area contributed by atoms with Crippen molar-refractivity contribution in [1.29, 1.82) is 0 Å². The molecule has 25 heavy (non-hydrogen) atoms. The van der Waals surface area contributed by atoms with Gasteiger partial charge in [0, 0.05) is 23.5 Å². The number of hydrogen-bond acceptors (Lipinski definition) is 6. The van der Waals surface area contributed by atoms with Crippen molar-refractivity contribution < 1.29 is 9.72 Å². The van der Waals surface area contributed by atoms with E-state index in [0.717, 1.165) is 17.0 Å². The first kappa shape index (κ1) is 19.1. The number of nitro groups is 1. The molecule has 132 valence electrons. The van der Waals surface area contributed by atoms with Gasteiger partial charge in [0.05, 0.1) is 20.9 Å². The van der Waals surface area contributed by atoms with Crippen LogP contribution in [0.25, 0.3) is 0 Å². The summed E-state index contributed by atoms with van der Waals surface area (Å²) in [5, 5.41) is 13.6. The number of anilines is 1. The zero-order valence-corrected chi connectivity index (χ0v) is 15.7. The minimum atomic E-state index is -0.546. The van der Waals surface area contributed by atoms with E-state index in [-0.39, 0.29) is 16.6 Å². The van der Waals surface area contributed by atoms with Crippen molar-refractivity contribution in [2.45, 2.75) is 38.1 Å². The van der Waals surface area contributed by atoms with Gasteiger partial charge in [0.1, 0.15) is 0 Å². The van der Waals surface area contributed by atoms with Crippen LogP contribution in [0.5, 0.6) is 0 Å². The largest absolute Gasteiger partial charge is 0.324 e. The van der Waals surface area contributed by atoms with Crippen molar-refractivity contribution in [1.82, 2.24) is 9.97 Å². The highest BCUT2D eigenvalue weighted by Crippen LogP contribution is 2.28. The standard InChI is InChI=1S/C16H17ClN4O3S/c1-8-9(2)18-16(19-10(8)3)25-11(4)15(22)20-14-6-5-12(21(23)24)7-13(14)17/h5-7,11H,1-4H3,(H,20,22)/t11-/m1/s1. The monoisotopic (exact) mass is 380 g/mol. The van der Waals surface area contributed by atoms with Crippen LogP contribution in [0, 0.1) is 30.9 Å². The smallest absolute Gasteiger partial charge is 0.271 e. The van der Waals surface area contributed by atoms with Gasteiger partial charge in [-0.05, 0) is 39.3 Å². The maximum atomic E-state index is 12.3. The second-order valence-electron chi connectivity index (χ2n) is 5.47. The number of nitrogens with one attached hydrogen (secondary N) is 1. The highest BCUT2D eigenvalue weighted by molar-refractivity contribution is 8.00. The molecule has 0 spiro atoms. The Morgan fingerprint density at radius 3 is 2.40 bits per heavy atom. The maximum absolute atomic E-state index is 12.3. The van der Waals surface area contributed by atoms with Crippen LogP contribution in [-0.4, -0.2) is 26.0 Å². The molecule has 1 aromatic heterocycles. The Labute approximate surface area is 154 Å². The summed E-state index contributed by atoms with van der Waals surface area (Å²) in [5.74, 6) is -0.291. The molecule has 1 atom stereocenters. The number of aromatic nitrogens is 2. The second-order valence-corrected chi connectivity index (χ2v) is 7.19. The average molecular weight is 381 g/mol. The fraction of sp³-hybridized carbons (Fsp3) is 0.312. The molecule has 9 heteroatoms. The van der Waals surface area contributed by atoms with Crippen molar-refractivity contribution in [3.05, 3.63) is 50.3 Å². The zero-order valence-electron chi connectivity index (χ0n) is 14.2. The minimum absolute atomic E-state index is 0.109. The van der Waals surface area contributed by atoms with Gasteiger partial charge in [0.2, 0.25) is 5.91 Å². The number of rotatable bonds is 5. The first-order valence-electron chi connectivity index (χ1n) is 7.42. The van der Waals surface area contributed by atoms with E-state index < -0.39 is 10.2 Å². The molecule has 1 N–H and O–H groups in total. The highest BCUT2D eigenvalue weighted by atomic mass is 35.5. The molecule has 0 saturated carbocycles. The van der Waals surface area contributed by atoms with E-state index in [1.54, 1.807) is 6.92 Å². The van der Waals surface area contributed by atoms with E-state index in [4.69, 9.17) is 11.6 Å². The molecule has 0 aliphatic heterocycles. The molecule has 7 nitrogen and oxygen atoms in total. The third-order valence-corrected chi connectivity index (χ3v) is 4.96. The fourth-order valence-electron chi connectivity index (χ4n) is 1.96. The topological polar surface area (TPSA) is 98.0 Å². The Morgan fingerprint density at radius 2 is 1.88 bits per heavy atom. The molecule has 2 rings (SSSR count). The molecular formula is C16H17ClN4O3S. The van der Waals surface area contributed by atoms with E-state index in [1.807, 2.05) is 20.8 Å². The molecule has 0 fully saturated rings. The van der Waals surface area contributed by atoms with E-state index in [9.17, 15) is 14.9 Å². The van der Waals surface area contributed by atoms with Gasteiger partial charge in [-0.25, -0.2) is 9.97 Å². The normalized spacial score (nSPS) is 11.9. The van der Waals surface area contributed by atoms with Crippen LogP contribution in [0.1, 0.15) is 23.9 Å². The number of nitro benzene ring substituents is 1. The Balaban J connectivity index is 2.09. The predicted molar refractivity (Wildman–Crippen MR) is 98.3 cm³/mol. The predicted octanol–water partition coefficient (Wildman–Crippen LogP) is 4.08. The molecule has 0 aliphatic rings. The summed E-state index contributed by atoms with van der Waals surface area (Å²) >= 11 is 7.23. The van der Waals surface area contributed by atoms with Crippen LogP contribution >= 0.6 is 23.4 Å². The summed E-state index contributed by atoms with van der Waals surface area (Å²) in [6.07, 6.45) is 0. The Kier molecular flexibility index (Phi) is 5.97. The van der Waals surface area contributed by atoms with Gasteiger partial charge in [-0.3, -0.25) is 14.9 Å². The first-order valence-corrected chi connectivity index (χ1v) is 8.68. The van der Waals surface area contributed by atoms with Gasteiger partial charge in [-0.1, -0.05) is 23.4 Å². The minimum Gasteiger partial charge on any atom is -0.324 e. The van der Waals surface area contributed by atoms with Crippen LogP contribution < -0.4 is 5.32 Å². The summed E-state index contributed by atoms with van der Waals surface area (Å²) in [6.45, 7) is 7.48. The number of hydrogen-bond donors (Lipinski definition) is 1. The lowest BCUT2D eigenvalue weighted by atomic mass is 10.2. The van der Waals surface area contributed by atoms with Gasteiger partial charge >= 0.3 is 0 Å². The van der Waals surface area contributed by atoms with Crippen LogP contribution in [0.4, 0.5) is 11.4 Å². The van der Waals surface area contributed by atoms with E-state index in [2.05, 4.69) is 15.3 Å². The molecule has 1 heterocycles. The van der Waals surface area contributed by atoms with Crippen molar-refractivity contribution >= 4 is 40.6 Å². The SMILES string of the molecule is Cc1nc(S[C@H](C)C(=O)Nc2ccc([N+](=O)[O-])cc2Cl)nc(C)c1C. The number of aryl methyl sites for hydroxylation is 2. The van der Waals surface area contributed by atoms with Crippen molar-refractivity contribution in [2.24, 2.45) is 0 Å². The Morgan fingerprint density at radius 1 is 1.28 bits per heavy atom. The van der Waals surface area contributed by atoms with Gasteiger partial charge in [-0.15, -0.1) is 0 Å². The number of nitrogens with zero attached hydrogens (tertiary/aromatic N) is 3. The van der Waals surface area contributed by atoms with Gasteiger partial charge < -0.3 is 5.32 Å². The number of amides is 1. The summed E-state index contributed by atoms with van der Waals surface area (Å²) in [6, 6.07) is 3.90. The summed E-state index contributed by atoms with van der Waals surface area (Å²) in [7, 11) is 0. The third-order valence-electron chi connectivity index (χ3n) is 3.68. The van der Waals surface area contributed by atoms with Gasteiger partial charge in [-0.2, -0.15) is 0 Å². The first-order chi connectivity index (χ1) is 11.7. The molecular weight excluding hydrogens is 364 g/mol. The number of carbonyl (C=O) groups is 1. The van der Waals surface area contributed by atoms with Crippen LogP contribution in [0.15, 0.2) is 23.4 Å². The van der Waals surface area contributed by atoms with Crippen LogP contribution in [0.2, 0.25) is 5.02 Å². The van der Waals surface area contributed by atoms with Crippen LogP contribution in [-0.2, 0) is 4.79 Å². The average Bonchev–Trinajstić information content (AvgIpc) is 2.54. The van der Waals surface area contributed by atoms with Gasteiger partial charge in [0.15, 0.2) is 5.16 Å². The lowest BCUT2D eigenvalue weighted by Gasteiger charge is -2.13. The Hall–Kier alpha value is -2.19. The highest BCUT2D eigenvalue weighted by Gasteiger charge is 2.19. The quantitative estimate of drug-likeness (QED) is 0.363. The zero-order chi connectivity index (χ0) is 18.7. The molecule has 0 radical (unpaired) electrons. The molecule has 1 amide bonds. The lowest BCUT2D eigenvalue weighted by molar-refractivity contribution is -0.384. The molecule has 0 saturated heterocycles. The lowest BCUT2D eigenvalue weighted by Crippen LogP contribution is -2.23. The summed E-state index contributed by atoms with van der Waals surface area (Å²) < 4.78 is 0. The number of thioether (sulfide) groups is 1. The third kappa shape index (κ3) is 4.67. The molecule has 0 unspecified atom stereocenters. The second kappa shape index (κ2) is 7.79. The van der Waals surface area contributed by atoms with E-state index >= 15 is 0 Å². The van der Waals surface area contributed by atoms with Crippen LogP contribution in [0.3, 0.4) is 0 Å². The number of halogens is 1. The molecule has 0 aliphatic carbocycles. The maximum Gasteiger partial charge on any atom is 0.271 e.